The summed E-state index contributed by atoms with van der Waals surface area (Å²) in [5.41, 5.74) is 0.369. The van der Waals surface area contributed by atoms with Crippen molar-refractivity contribution >= 4 is 11.8 Å². The molecule has 0 radical (unpaired) electrons. The molecule has 1 unspecified atom stereocenters. The number of carbonyl (C=O) groups excluding carboxylic acids is 1. The van der Waals surface area contributed by atoms with Gasteiger partial charge < -0.3 is 19.3 Å². The fraction of sp³-hybridized carbons (Fsp3) is 0.688. The normalized spacial score (nSPS) is 18.5. The van der Waals surface area contributed by atoms with Gasteiger partial charge in [-0.15, -0.1) is 0 Å². The van der Waals surface area contributed by atoms with Crippen molar-refractivity contribution in [2.75, 3.05) is 32.1 Å². The zero-order chi connectivity index (χ0) is 17.0. The Balaban J connectivity index is 2.07. The summed E-state index contributed by atoms with van der Waals surface area (Å²) in [6, 6.07) is 0.0866. The van der Waals surface area contributed by atoms with Gasteiger partial charge in [0.15, 0.2) is 0 Å². The topological polar surface area (TPSA) is 67.8 Å². The van der Waals surface area contributed by atoms with Crippen molar-refractivity contribution in [1.82, 2.24) is 14.9 Å². The Hall–Kier alpha value is -2.05. The minimum Gasteiger partial charge on any atom is -0.479 e. The van der Waals surface area contributed by atoms with E-state index in [4.69, 9.17) is 9.47 Å². The minimum absolute atomic E-state index is 0.0866. The second kappa shape index (κ2) is 7.02. The Morgan fingerprint density at radius 3 is 2.83 bits per heavy atom. The molecule has 1 fully saturated rings. The number of hydrogen-bond donors (Lipinski definition) is 0. The van der Waals surface area contributed by atoms with E-state index >= 15 is 0 Å². The number of carbonyl (C=O) groups is 1. The smallest absolute Gasteiger partial charge is 0.410 e. The number of hydrogen-bond acceptors (Lipinski definition) is 6. The number of nitrogens with zero attached hydrogens (tertiary/aromatic N) is 4. The third kappa shape index (κ3) is 4.46. The standard InChI is InChI=1S/C16H26N4O3/c1-16(2,3)23-15(21)19(4)12-7-6-8-20(10-12)13-9-17-11-18-14(13)22-5/h9,11-12H,6-8,10H2,1-5H3. The highest BCUT2D eigenvalue weighted by atomic mass is 16.6. The predicted octanol–water partition coefficient (Wildman–Crippen LogP) is 2.32. The molecule has 7 heteroatoms. The van der Waals surface area contributed by atoms with Gasteiger partial charge in [0.2, 0.25) is 5.88 Å². The Bertz CT molecular complexity index is 544. The van der Waals surface area contributed by atoms with Crippen LogP contribution in [0.4, 0.5) is 10.5 Å². The van der Waals surface area contributed by atoms with Crippen LogP contribution >= 0.6 is 0 Å². The number of piperidine rings is 1. The maximum Gasteiger partial charge on any atom is 0.410 e. The molecule has 1 amide bonds. The number of methoxy groups -OCH3 is 1. The van der Waals surface area contributed by atoms with Gasteiger partial charge in [-0.25, -0.2) is 14.8 Å². The number of amides is 1. The molecule has 1 aliphatic rings. The Morgan fingerprint density at radius 1 is 1.43 bits per heavy atom. The van der Waals surface area contributed by atoms with Gasteiger partial charge in [-0.1, -0.05) is 0 Å². The lowest BCUT2D eigenvalue weighted by molar-refractivity contribution is 0.0210. The predicted molar refractivity (Wildman–Crippen MR) is 87.8 cm³/mol. The van der Waals surface area contributed by atoms with Crippen molar-refractivity contribution < 1.29 is 14.3 Å². The van der Waals surface area contributed by atoms with Crippen LogP contribution < -0.4 is 9.64 Å². The van der Waals surface area contributed by atoms with Gasteiger partial charge in [0, 0.05) is 20.1 Å². The average Bonchev–Trinajstić information content (AvgIpc) is 2.52. The third-order valence-electron chi connectivity index (χ3n) is 3.82. The van der Waals surface area contributed by atoms with E-state index in [-0.39, 0.29) is 12.1 Å². The van der Waals surface area contributed by atoms with Gasteiger partial charge in [-0.05, 0) is 33.6 Å². The molecule has 0 bridgehead atoms. The molecule has 0 spiro atoms. The summed E-state index contributed by atoms with van der Waals surface area (Å²) < 4.78 is 10.8. The van der Waals surface area contributed by atoms with Crippen LogP contribution in [0, 0.1) is 0 Å². The van der Waals surface area contributed by atoms with Crippen LogP contribution in [0.3, 0.4) is 0 Å². The number of aromatic nitrogens is 2. The monoisotopic (exact) mass is 322 g/mol. The zero-order valence-corrected chi connectivity index (χ0v) is 14.6. The molecule has 23 heavy (non-hydrogen) atoms. The maximum absolute atomic E-state index is 12.3. The lowest BCUT2D eigenvalue weighted by Crippen LogP contribution is -2.50. The second-order valence-electron chi connectivity index (χ2n) is 6.75. The van der Waals surface area contributed by atoms with Crippen molar-refractivity contribution in [3.8, 4) is 5.88 Å². The van der Waals surface area contributed by atoms with Gasteiger partial charge in [-0.2, -0.15) is 0 Å². The summed E-state index contributed by atoms with van der Waals surface area (Å²) >= 11 is 0. The van der Waals surface area contributed by atoms with E-state index in [0.29, 0.717) is 12.4 Å². The highest BCUT2D eigenvalue weighted by Gasteiger charge is 2.30. The summed E-state index contributed by atoms with van der Waals surface area (Å²) in [7, 11) is 3.39. The van der Waals surface area contributed by atoms with E-state index in [1.807, 2.05) is 20.8 Å². The summed E-state index contributed by atoms with van der Waals surface area (Å²) in [6.45, 7) is 7.22. The Kier molecular flexibility index (Phi) is 5.28. The number of anilines is 1. The number of likely N-dealkylation sites (N-methyl/N-ethyl adjacent to an activating group) is 1. The molecule has 128 valence electrons. The van der Waals surface area contributed by atoms with Crippen molar-refractivity contribution in [1.29, 1.82) is 0 Å². The van der Waals surface area contributed by atoms with Gasteiger partial charge in [0.1, 0.15) is 17.6 Å². The Labute approximate surface area is 137 Å². The molecule has 0 aromatic carbocycles. The fourth-order valence-electron chi connectivity index (χ4n) is 2.66. The highest BCUT2D eigenvalue weighted by molar-refractivity contribution is 5.68. The molecule has 1 aliphatic heterocycles. The molecule has 1 aromatic rings. The van der Waals surface area contributed by atoms with E-state index in [9.17, 15) is 4.79 Å². The van der Waals surface area contributed by atoms with E-state index in [1.165, 1.54) is 6.33 Å². The molecule has 2 heterocycles. The van der Waals surface area contributed by atoms with Gasteiger partial charge in [0.05, 0.1) is 19.3 Å². The maximum atomic E-state index is 12.3. The quantitative estimate of drug-likeness (QED) is 0.851. The minimum atomic E-state index is -0.490. The van der Waals surface area contributed by atoms with Crippen LogP contribution in [-0.2, 0) is 4.74 Å². The molecule has 2 rings (SSSR count). The molecular formula is C16H26N4O3. The van der Waals surface area contributed by atoms with Crippen LogP contribution in [0.25, 0.3) is 0 Å². The fourth-order valence-corrected chi connectivity index (χ4v) is 2.66. The first-order valence-corrected chi connectivity index (χ1v) is 7.86. The van der Waals surface area contributed by atoms with Crippen LogP contribution in [0.1, 0.15) is 33.6 Å². The van der Waals surface area contributed by atoms with E-state index in [1.54, 1.807) is 25.3 Å². The summed E-state index contributed by atoms with van der Waals surface area (Å²) in [4.78, 5) is 24.3. The molecule has 0 aliphatic carbocycles. The van der Waals surface area contributed by atoms with E-state index < -0.39 is 5.60 Å². The molecular weight excluding hydrogens is 296 g/mol. The first-order chi connectivity index (χ1) is 10.8. The zero-order valence-electron chi connectivity index (χ0n) is 14.6. The van der Waals surface area contributed by atoms with Crippen molar-refractivity contribution in [2.24, 2.45) is 0 Å². The van der Waals surface area contributed by atoms with Crippen LogP contribution in [0.2, 0.25) is 0 Å². The number of ether oxygens (including phenoxy) is 2. The van der Waals surface area contributed by atoms with Gasteiger partial charge in [-0.3, -0.25) is 0 Å². The van der Waals surface area contributed by atoms with Crippen LogP contribution in [0.5, 0.6) is 5.88 Å². The summed E-state index contributed by atoms with van der Waals surface area (Å²) in [5.74, 6) is 0.556. The molecule has 1 atom stereocenters. The lowest BCUT2D eigenvalue weighted by Gasteiger charge is -2.39. The third-order valence-corrected chi connectivity index (χ3v) is 3.82. The number of rotatable bonds is 3. The molecule has 1 saturated heterocycles. The molecule has 7 nitrogen and oxygen atoms in total. The second-order valence-corrected chi connectivity index (χ2v) is 6.75. The van der Waals surface area contributed by atoms with Gasteiger partial charge in [0.25, 0.3) is 0 Å². The first-order valence-electron chi connectivity index (χ1n) is 7.86. The largest absolute Gasteiger partial charge is 0.479 e. The summed E-state index contributed by atoms with van der Waals surface area (Å²) in [5, 5.41) is 0. The SMILES string of the molecule is COc1ncncc1N1CCCC(N(C)C(=O)OC(C)(C)C)C1. The molecule has 1 aromatic heterocycles. The average molecular weight is 322 g/mol. The highest BCUT2D eigenvalue weighted by Crippen LogP contribution is 2.28. The van der Waals surface area contributed by atoms with Crippen LogP contribution in [-0.4, -0.2) is 59.9 Å². The first kappa shape index (κ1) is 17.3. The summed E-state index contributed by atoms with van der Waals surface area (Å²) in [6.07, 6.45) is 4.86. The molecule has 0 N–H and O–H groups in total. The molecule has 0 saturated carbocycles. The Morgan fingerprint density at radius 2 is 2.17 bits per heavy atom. The van der Waals surface area contributed by atoms with Crippen molar-refractivity contribution in [2.45, 2.75) is 45.3 Å². The van der Waals surface area contributed by atoms with Crippen LogP contribution in [0.15, 0.2) is 12.5 Å². The van der Waals surface area contributed by atoms with Gasteiger partial charge >= 0.3 is 6.09 Å². The van der Waals surface area contributed by atoms with Crippen molar-refractivity contribution in [3.05, 3.63) is 12.5 Å². The van der Waals surface area contributed by atoms with E-state index in [0.717, 1.165) is 25.1 Å². The van der Waals surface area contributed by atoms with Crippen molar-refractivity contribution in [3.63, 3.8) is 0 Å². The van der Waals surface area contributed by atoms with E-state index in [2.05, 4.69) is 14.9 Å². The lowest BCUT2D eigenvalue weighted by atomic mass is 10.0.